The van der Waals surface area contributed by atoms with Crippen LogP contribution in [-0.2, 0) is 37.4 Å². The fourth-order valence-electron chi connectivity index (χ4n) is 9.75. The zero-order valence-electron chi connectivity index (χ0n) is 34.5. The third-order valence-corrected chi connectivity index (χ3v) is 12.7. The first-order valence-corrected chi connectivity index (χ1v) is 20.7. The lowest BCUT2D eigenvalue weighted by atomic mass is 9.53. The molecule has 14 heteroatoms. The van der Waals surface area contributed by atoms with E-state index in [2.05, 4.69) is 71.5 Å². The van der Waals surface area contributed by atoms with E-state index in [-0.39, 0.29) is 17.4 Å². The molecule has 3 heterocycles. The van der Waals surface area contributed by atoms with Gasteiger partial charge in [-0.15, -0.1) is 0 Å². The molecule has 1 spiro atoms. The van der Waals surface area contributed by atoms with Gasteiger partial charge in [0.05, 0.1) is 20.0 Å². The number of piperidine rings is 2. The van der Waals surface area contributed by atoms with E-state index in [9.17, 15) is 24.3 Å². The van der Waals surface area contributed by atoms with E-state index in [4.69, 9.17) is 29.9 Å². The predicted molar refractivity (Wildman–Crippen MR) is 223 cm³/mol. The van der Waals surface area contributed by atoms with Crippen molar-refractivity contribution in [2.45, 2.75) is 93.6 Å². The largest absolute Gasteiger partial charge is 0.493 e. The van der Waals surface area contributed by atoms with Gasteiger partial charge in [-0.25, -0.2) is 4.79 Å². The summed E-state index contributed by atoms with van der Waals surface area (Å²) in [6, 6.07) is 25.8. The summed E-state index contributed by atoms with van der Waals surface area (Å²) in [5.74, 6) is -2.70. The van der Waals surface area contributed by atoms with Crippen LogP contribution in [-0.4, -0.2) is 129 Å². The van der Waals surface area contributed by atoms with Crippen molar-refractivity contribution in [3.05, 3.63) is 102 Å². The number of nitrogens with zero attached hydrogens (tertiary/aromatic N) is 3. The van der Waals surface area contributed by atoms with Gasteiger partial charge < -0.3 is 49.7 Å². The van der Waals surface area contributed by atoms with Gasteiger partial charge in [-0.2, -0.15) is 0 Å². The Morgan fingerprint density at radius 3 is 2.12 bits per heavy atom. The van der Waals surface area contributed by atoms with Crippen LogP contribution in [0.4, 0.5) is 5.69 Å². The highest BCUT2D eigenvalue weighted by atomic mass is 16.5. The smallest absolute Gasteiger partial charge is 0.336 e. The molecule has 2 bridgehead atoms. The Hall–Kier alpha value is -5.28. The summed E-state index contributed by atoms with van der Waals surface area (Å²) in [5, 5.41) is 44.4. The van der Waals surface area contributed by atoms with Gasteiger partial charge in [-0.05, 0) is 75.0 Å². The van der Waals surface area contributed by atoms with Crippen molar-refractivity contribution in [2.24, 2.45) is 5.92 Å². The highest BCUT2D eigenvalue weighted by Gasteiger charge is 2.64. The van der Waals surface area contributed by atoms with E-state index in [1.54, 1.807) is 7.11 Å². The molecule has 5 N–H and O–H groups in total. The average molecular weight is 828 g/mol. The number of anilines is 1. The van der Waals surface area contributed by atoms with Gasteiger partial charge in [-0.3, -0.25) is 14.4 Å². The van der Waals surface area contributed by atoms with E-state index in [0.717, 1.165) is 75.5 Å². The number of hydrogen-bond acceptors (Lipinski definition) is 10. The second-order valence-electron chi connectivity index (χ2n) is 16.4. The number of rotatable bonds is 12. The van der Waals surface area contributed by atoms with Crippen LogP contribution in [0.2, 0.25) is 0 Å². The van der Waals surface area contributed by atoms with Gasteiger partial charge in [0, 0.05) is 60.7 Å². The van der Waals surface area contributed by atoms with Crippen LogP contribution in [0.25, 0.3) is 0 Å². The van der Waals surface area contributed by atoms with Crippen LogP contribution in [0.3, 0.4) is 0 Å². The molecule has 60 heavy (non-hydrogen) atoms. The first-order valence-electron chi connectivity index (χ1n) is 20.7. The predicted octanol–water partition coefficient (Wildman–Crippen LogP) is 4.39. The second kappa shape index (κ2) is 19.0. The molecule has 2 aliphatic carbocycles. The van der Waals surface area contributed by atoms with Gasteiger partial charge in [0.1, 0.15) is 12.2 Å². The summed E-state index contributed by atoms with van der Waals surface area (Å²) in [5.41, 5.74) is 2.30. The van der Waals surface area contributed by atoms with Crippen molar-refractivity contribution in [3.63, 3.8) is 0 Å². The van der Waals surface area contributed by atoms with Crippen molar-refractivity contribution in [1.82, 2.24) is 9.80 Å². The average Bonchev–Trinajstić information content (AvgIpc) is 3.59. The van der Waals surface area contributed by atoms with Crippen molar-refractivity contribution in [2.75, 3.05) is 45.2 Å². The first kappa shape index (κ1) is 44.3. The van der Waals surface area contributed by atoms with Gasteiger partial charge >= 0.3 is 17.9 Å². The minimum Gasteiger partial charge on any atom is -0.493 e. The lowest BCUT2D eigenvalue weighted by Crippen LogP contribution is -2.64. The number of benzene rings is 3. The Balaban J connectivity index is 0.000000159. The number of likely N-dealkylation sites (N-methyl/N-ethyl adjacent to an activating group) is 1. The number of ether oxygens (including phenoxy) is 2. The molecule has 8 rings (SSSR count). The number of likely N-dealkylation sites (tertiary alicyclic amines) is 2. The van der Waals surface area contributed by atoms with Crippen LogP contribution in [0.1, 0.15) is 62.1 Å². The number of carboxylic acid groups (broad SMARTS) is 3. The molecule has 3 aliphatic heterocycles. The lowest BCUT2D eigenvalue weighted by Gasteiger charge is -2.56. The van der Waals surface area contributed by atoms with E-state index in [1.165, 1.54) is 16.7 Å². The number of aliphatic carboxylic acids is 3. The highest BCUT2D eigenvalue weighted by Crippen LogP contribution is 2.62. The monoisotopic (exact) mass is 827 g/mol. The summed E-state index contributed by atoms with van der Waals surface area (Å²) >= 11 is 0. The van der Waals surface area contributed by atoms with Crippen LogP contribution in [0.15, 0.2) is 84.9 Å². The van der Waals surface area contributed by atoms with E-state index < -0.39 is 42.5 Å². The Morgan fingerprint density at radius 1 is 0.900 bits per heavy atom. The molecule has 0 radical (unpaired) electrons. The number of aliphatic hydroxyl groups excluding tert-OH is 1. The minimum atomic E-state index is -2.74. The molecule has 5 aliphatic rings. The molecule has 5 atom stereocenters. The number of para-hydroxylation sites is 1. The molecule has 2 fully saturated rings. The molecule has 14 nitrogen and oxygen atoms in total. The number of amides is 1. The van der Waals surface area contributed by atoms with Crippen molar-refractivity contribution < 1.29 is 54.2 Å². The number of carbonyl (C=O) groups is 4. The highest BCUT2D eigenvalue weighted by molar-refractivity contribution is 5.93. The van der Waals surface area contributed by atoms with Gasteiger partial charge in [0.25, 0.3) is 0 Å². The van der Waals surface area contributed by atoms with Crippen LogP contribution < -0.4 is 14.4 Å². The quantitative estimate of drug-likeness (QED) is 0.162. The molecule has 1 amide bonds. The summed E-state index contributed by atoms with van der Waals surface area (Å²) in [6.45, 7) is 6.24. The standard InChI is InChI=1S/C22H28N2O.C18H21NO3.C6H8O7/c1-2-22(25)24(20-11-7-4-8-12-20)21-14-17-23(18-15-21)16-13-19-9-5-3-6-10-19;1-19-8-7-18-11-4-5-13(20)17(18)22-16-14(21-2)6-3-10(15(16)18)9-12(11)19;7-3(8)1-6(13,5(11)12)2-4(9)10/h3-12,21H,2,13-18H2,1H3;3-6,11-13,17,20H,7-9H2,1-2H3;13H,1-2H2,(H,7,8)(H,9,10)(H,11,12)/t;11-,12+,13-,17-,18-;/m.0./s1. The van der Waals surface area contributed by atoms with Crippen molar-refractivity contribution in [3.8, 4) is 11.5 Å². The summed E-state index contributed by atoms with van der Waals surface area (Å²) in [6.07, 6.45) is 7.01. The minimum absolute atomic E-state index is 0.0806. The normalized spacial score (nSPS) is 24.0. The number of carbonyl (C=O) groups excluding carboxylic acids is 1. The van der Waals surface area contributed by atoms with Crippen LogP contribution >= 0.6 is 0 Å². The van der Waals surface area contributed by atoms with E-state index in [0.29, 0.717) is 24.4 Å². The fraction of sp³-hybridized carbons (Fsp3) is 0.478. The zero-order valence-corrected chi connectivity index (χ0v) is 34.5. The molecule has 322 valence electrons. The maximum Gasteiger partial charge on any atom is 0.336 e. The molecule has 0 aromatic heterocycles. The van der Waals surface area contributed by atoms with E-state index in [1.807, 2.05) is 42.2 Å². The first-order chi connectivity index (χ1) is 28.7. The molecule has 0 saturated carbocycles. The molecule has 3 aromatic carbocycles. The van der Waals surface area contributed by atoms with Crippen LogP contribution in [0, 0.1) is 5.92 Å². The van der Waals surface area contributed by atoms with Gasteiger partial charge in [0.15, 0.2) is 17.1 Å². The number of hydrogen-bond donors (Lipinski definition) is 5. The second-order valence-corrected chi connectivity index (χ2v) is 16.4. The Morgan fingerprint density at radius 2 is 1.53 bits per heavy atom. The molecule has 2 saturated heterocycles. The zero-order chi connectivity index (χ0) is 43.2. The Labute approximate surface area is 350 Å². The SMILES string of the molecule is CCC(=O)N(c1ccccc1)C1CCN(CCc2ccccc2)CC1.COc1ccc2c3c1O[C@H]1[C@@H](O)C=C[C@H]4[C@@H](C2)N(C)CC[C@@]341.O=C(O)CC(O)(CC(=O)O)C(=O)O. The maximum atomic E-state index is 12.5. The van der Waals surface area contributed by atoms with Gasteiger partial charge in [-0.1, -0.05) is 73.7 Å². The molecule has 0 unspecified atom stereocenters. The summed E-state index contributed by atoms with van der Waals surface area (Å²) in [7, 11) is 3.91. The summed E-state index contributed by atoms with van der Waals surface area (Å²) in [4.78, 5) is 50.0. The number of aliphatic hydroxyl groups is 2. The third-order valence-electron chi connectivity index (χ3n) is 12.7. The maximum absolute atomic E-state index is 12.5. The Kier molecular flexibility index (Phi) is 14.0. The van der Waals surface area contributed by atoms with Crippen LogP contribution in [0.5, 0.6) is 11.5 Å². The topological polar surface area (TPSA) is 198 Å². The van der Waals surface area contributed by atoms with E-state index >= 15 is 0 Å². The van der Waals surface area contributed by atoms with Gasteiger partial charge in [0.2, 0.25) is 5.91 Å². The molecular formula is C46H57N3O11. The summed E-state index contributed by atoms with van der Waals surface area (Å²) < 4.78 is 11.8. The van der Waals surface area contributed by atoms with Crippen molar-refractivity contribution in [1.29, 1.82) is 0 Å². The number of carboxylic acids is 3. The fourth-order valence-corrected chi connectivity index (χ4v) is 9.75. The lowest BCUT2D eigenvalue weighted by molar-refractivity contribution is -0.170. The molecular weight excluding hydrogens is 771 g/mol. The molecule has 3 aromatic rings. The number of methoxy groups -OCH3 is 1. The van der Waals surface area contributed by atoms with Crippen molar-refractivity contribution >= 4 is 29.5 Å². The Bertz CT molecular complexity index is 2000. The third kappa shape index (κ3) is 9.21.